The van der Waals surface area contributed by atoms with Gasteiger partial charge in [0.1, 0.15) is 5.82 Å². The topological polar surface area (TPSA) is 43.8 Å². The third kappa shape index (κ3) is 2.11. The smallest absolute Gasteiger partial charge is 0.121 e. The molecule has 1 rings (SSSR count). The summed E-state index contributed by atoms with van der Waals surface area (Å²) in [7, 11) is 0. The lowest BCUT2D eigenvalue weighted by Crippen LogP contribution is -2.04. The Balaban J connectivity index is 2.51. The second kappa shape index (κ2) is 3.23. The number of rotatable bonds is 3. The van der Waals surface area contributed by atoms with Crippen molar-refractivity contribution in [3.8, 4) is 0 Å². The van der Waals surface area contributed by atoms with Gasteiger partial charge in [-0.25, -0.2) is 4.68 Å². The van der Waals surface area contributed by atoms with Gasteiger partial charge in [-0.1, -0.05) is 5.57 Å². The first kappa shape index (κ1) is 7.85. The van der Waals surface area contributed by atoms with Crippen LogP contribution in [-0.2, 0) is 6.54 Å². The summed E-state index contributed by atoms with van der Waals surface area (Å²) in [4.78, 5) is 0. The van der Waals surface area contributed by atoms with Crippen molar-refractivity contribution in [3.05, 3.63) is 24.4 Å². The minimum absolute atomic E-state index is 0.714. The lowest BCUT2D eigenvalue weighted by Gasteiger charge is -2.02. The van der Waals surface area contributed by atoms with Crippen LogP contribution in [0.25, 0.3) is 0 Å². The summed E-state index contributed by atoms with van der Waals surface area (Å²) >= 11 is 0. The largest absolute Gasteiger partial charge is 0.384 e. The molecule has 0 spiro atoms. The Kier molecular flexibility index (Phi) is 2.31. The molecule has 1 aromatic rings. The SMILES string of the molecule is C=C(C)CCn1nccc1N. The third-order valence-electron chi connectivity index (χ3n) is 1.50. The van der Waals surface area contributed by atoms with E-state index in [4.69, 9.17) is 5.73 Å². The van der Waals surface area contributed by atoms with E-state index in [2.05, 4.69) is 11.7 Å². The fourth-order valence-electron chi connectivity index (χ4n) is 0.826. The van der Waals surface area contributed by atoms with Crippen molar-refractivity contribution in [2.45, 2.75) is 19.9 Å². The lowest BCUT2D eigenvalue weighted by molar-refractivity contribution is 0.622. The summed E-state index contributed by atoms with van der Waals surface area (Å²) < 4.78 is 1.77. The molecule has 0 aromatic carbocycles. The molecule has 1 aromatic heterocycles. The van der Waals surface area contributed by atoms with Crippen LogP contribution in [0.5, 0.6) is 0 Å². The Hall–Kier alpha value is -1.25. The van der Waals surface area contributed by atoms with E-state index in [9.17, 15) is 0 Å². The van der Waals surface area contributed by atoms with Crippen LogP contribution in [0.2, 0.25) is 0 Å². The number of nitrogens with two attached hydrogens (primary N) is 1. The van der Waals surface area contributed by atoms with Crippen LogP contribution in [0.15, 0.2) is 24.4 Å². The Labute approximate surface area is 66.5 Å². The molecule has 0 saturated carbocycles. The van der Waals surface area contributed by atoms with Gasteiger partial charge in [0.2, 0.25) is 0 Å². The first-order valence-corrected chi connectivity index (χ1v) is 3.62. The van der Waals surface area contributed by atoms with Crippen LogP contribution in [0.1, 0.15) is 13.3 Å². The van der Waals surface area contributed by atoms with Crippen molar-refractivity contribution in [2.24, 2.45) is 0 Å². The minimum atomic E-state index is 0.714. The molecule has 0 unspecified atom stereocenters. The van der Waals surface area contributed by atoms with Gasteiger partial charge in [-0.3, -0.25) is 0 Å². The molecule has 0 aliphatic heterocycles. The molecule has 0 fully saturated rings. The van der Waals surface area contributed by atoms with Crippen LogP contribution in [-0.4, -0.2) is 9.78 Å². The minimum Gasteiger partial charge on any atom is -0.384 e. The number of aryl methyl sites for hydroxylation is 1. The molecular formula is C8H13N3. The maximum Gasteiger partial charge on any atom is 0.121 e. The lowest BCUT2D eigenvalue weighted by atomic mass is 10.2. The molecule has 3 nitrogen and oxygen atoms in total. The highest BCUT2D eigenvalue weighted by atomic mass is 15.3. The molecule has 60 valence electrons. The van der Waals surface area contributed by atoms with Gasteiger partial charge in [0.15, 0.2) is 0 Å². The molecule has 0 amide bonds. The molecule has 11 heavy (non-hydrogen) atoms. The van der Waals surface area contributed by atoms with Crippen molar-refractivity contribution >= 4 is 5.82 Å². The average Bonchev–Trinajstić information content (AvgIpc) is 2.31. The van der Waals surface area contributed by atoms with Crippen molar-refractivity contribution in [2.75, 3.05) is 5.73 Å². The highest BCUT2D eigenvalue weighted by Crippen LogP contribution is 2.04. The third-order valence-corrected chi connectivity index (χ3v) is 1.50. The number of allylic oxidation sites excluding steroid dienone is 1. The van der Waals surface area contributed by atoms with Gasteiger partial charge in [-0.15, -0.1) is 6.58 Å². The number of nitrogens with zero attached hydrogens (tertiary/aromatic N) is 2. The van der Waals surface area contributed by atoms with E-state index in [1.807, 2.05) is 6.92 Å². The van der Waals surface area contributed by atoms with E-state index in [0.29, 0.717) is 5.82 Å². The van der Waals surface area contributed by atoms with Gasteiger partial charge in [-0.05, 0) is 19.4 Å². The van der Waals surface area contributed by atoms with E-state index < -0.39 is 0 Å². The van der Waals surface area contributed by atoms with Crippen LogP contribution in [0.3, 0.4) is 0 Å². The van der Waals surface area contributed by atoms with Gasteiger partial charge >= 0.3 is 0 Å². The van der Waals surface area contributed by atoms with E-state index in [0.717, 1.165) is 18.5 Å². The quantitative estimate of drug-likeness (QED) is 0.664. The Bertz CT molecular complexity index is 250. The van der Waals surface area contributed by atoms with E-state index in [-0.39, 0.29) is 0 Å². The van der Waals surface area contributed by atoms with Crippen molar-refractivity contribution in [3.63, 3.8) is 0 Å². The molecule has 0 atom stereocenters. The highest BCUT2D eigenvalue weighted by Gasteiger charge is 1.95. The summed E-state index contributed by atoms with van der Waals surface area (Å²) in [6.07, 6.45) is 2.64. The van der Waals surface area contributed by atoms with Gasteiger partial charge in [0.25, 0.3) is 0 Å². The highest BCUT2D eigenvalue weighted by molar-refractivity contribution is 5.25. The summed E-state index contributed by atoms with van der Waals surface area (Å²) in [5.41, 5.74) is 6.75. The molecule has 0 aliphatic rings. The number of hydrogen-bond acceptors (Lipinski definition) is 2. The Morgan fingerprint density at radius 3 is 3.00 bits per heavy atom. The predicted octanol–water partition coefficient (Wildman–Crippen LogP) is 1.43. The van der Waals surface area contributed by atoms with Crippen LogP contribution >= 0.6 is 0 Å². The average molecular weight is 151 g/mol. The van der Waals surface area contributed by atoms with Gasteiger partial charge in [0.05, 0.1) is 6.20 Å². The fraction of sp³-hybridized carbons (Fsp3) is 0.375. The second-order valence-electron chi connectivity index (χ2n) is 2.69. The van der Waals surface area contributed by atoms with Crippen molar-refractivity contribution < 1.29 is 0 Å². The van der Waals surface area contributed by atoms with Gasteiger partial charge in [0, 0.05) is 6.54 Å². The molecule has 0 aliphatic carbocycles. The van der Waals surface area contributed by atoms with Gasteiger partial charge < -0.3 is 5.73 Å². The molecule has 3 heteroatoms. The zero-order valence-electron chi connectivity index (χ0n) is 6.75. The zero-order valence-corrected chi connectivity index (χ0v) is 6.75. The first-order chi connectivity index (χ1) is 5.20. The summed E-state index contributed by atoms with van der Waals surface area (Å²) in [6, 6.07) is 1.79. The van der Waals surface area contributed by atoms with Gasteiger partial charge in [-0.2, -0.15) is 5.10 Å². The maximum atomic E-state index is 5.60. The van der Waals surface area contributed by atoms with Crippen molar-refractivity contribution in [1.82, 2.24) is 9.78 Å². The number of aromatic nitrogens is 2. The zero-order chi connectivity index (χ0) is 8.27. The van der Waals surface area contributed by atoms with Crippen LogP contribution in [0, 0.1) is 0 Å². The monoisotopic (exact) mass is 151 g/mol. The Morgan fingerprint density at radius 2 is 2.55 bits per heavy atom. The normalized spacial score (nSPS) is 9.91. The number of hydrogen-bond donors (Lipinski definition) is 1. The van der Waals surface area contributed by atoms with Crippen molar-refractivity contribution in [1.29, 1.82) is 0 Å². The number of anilines is 1. The van der Waals surface area contributed by atoms with E-state index >= 15 is 0 Å². The standard InChI is InChI=1S/C8H13N3/c1-7(2)4-6-11-8(9)3-5-10-11/h3,5H,1,4,6,9H2,2H3. The molecule has 2 N–H and O–H groups in total. The Morgan fingerprint density at radius 1 is 1.82 bits per heavy atom. The summed E-state index contributed by atoms with van der Waals surface area (Å²) in [6.45, 7) is 6.63. The maximum absolute atomic E-state index is 5.60. The molecule has 0 saturated heterocycles. The molecular weight excluding hydrogens is 138 g/mol. The summed E-state index contributed by atoms with van der Waals surface area (Å²) in [5, 5.41) is 4.04. The predicted molar refractivity (Wildman–Crippen MR) is 46.1 cm³/mol. The molecule has 0 bridgehead atoms. The molecule has 1 heterocycles. The van der Waals surface area contributed by atoms with Crippen LogP contribution < -0.4 is 5.73 Å². The fourth-order valence-corrected chi connectivity index (χ4v) is 0.826. The van der Waals surface area contributed by atoms with Crippen LogP contribution in [0.4, 0.5) is 5.82 Å². The summed E-state index contributed by atoms with van der Waals surface area (Å²) in [5.74, 6) is 0.714. The molecule has 0 radical (unpaired) electrons. The second-order valence-corrected chi connectivity index (χ2v) is 2.69. The first-order valence-electron chi connectivity index (χ1n) is 3.62. The van der Waals surface area contributed by atoms with E-state index in [1.165, 1.54) is 0 Å². The van der Waals surface area contributed by atoms with E-state index in [1.54, 1.807) is 16.9 Å². The number of nitrogen functional groups attached to an aromatic ring is 1.